The van der Waals surface area contributed by atoms with E-state index in [0.717, 1.165) is 11.3 Å². The molecule has 0 radical (unpaired) electrons. The van der Waals surface area contributed by atoms with Gasteiger partial charge >= 0.3 is 12.0 Å². The number of nitrogens with zero attached hydrogens (tertiary/aromatic N) is 2. The Bertz CT molecular complexity index is 512. The summed E-state index contributed by atoms with van der Waals surface area (Å²) in [7, 11) is 0. The van der Waals surface area contributed by atoms with E-state index in [1.165, 1.54) is 0 Å². The molecule has 0 bridgehead atoms. The van der Waals surface area contributed by atoms with Gasteiger partial charge in [0, 0.05) is 25.2 Å². The van der Waals surface area contributed by atoms with Gasteiger partial charge in [-0.1, -0.05) is 13.0 Å². The molecule has 1 fully saturated rings. The summed E-state index contributed by atoms with van der Waals surface area (Å²) in [6.45, 7) is 5.02. The van der Waals surface area contributed by atoms with Gasteiger partial charge in [0.2, 0.25) is 0 Å². The Morgan fingerprint density at radius 3 is 2.85 bits per heavy atom. The van der Waals surface area contributed by atoms with E-state index in [1.54, 1.807) is 18.0 Å². The smallest absolute Gasteiger partial charge is 0.317 e. The van der Waals surface area contributed by atoms with Crippen molar-refractivity contribution in [3.8, 4) is 0 Å². The van der Waals surface area contributed by atoms with Gasteiger partial charge in [0.15, 0.2) is 0 Å². The first-order valence-corrected chi connectivity index (χ1v) is 6.65. The highest BCUT2D eigenvalue weighted by molar-refractivity contribution is 5.76. The van der Waals surface area contributed by atoms with E-state index in [-0.39, 0.29) is 11.9 Å². The van der Waals surface area contributed by atoms with Crippen molar-refractivity contribution in [2.45, 2.75) is 20.4 Å². The fourth-order valence-electron chi connectivity index (χ4n) is 2.17. The lowest BCUT2D eigenvalue weighted by Crippen LogP contribution is -2.56. The molecule has 1 saturated heterocycles. The topological polar surface area (TPSA) is 82.5 Å². The Balaban J connectivity index is 1.78. The number of aliphatic carboxylic acids is 1. The van der Waals surface area contributed by atoms with Gasteiger partial charge in [-0.15, -0.1) is 0 Å². The number of rotatable bonds is 4. The van der Waals surface area contributed by atoms with Crippen LogP contribution in [0.2, 0.25) is 0 Å². The van der Waals surface area contributed by atoms with Crippen molar-refractivity contribution in [1.82, 2.24) is 15.2 Å². The Kier molecular flexibility index (Phi) is 4.22. The first-order chi connectivity index (χ1) is 9.49. The molecule has 2 heterocycles. The summed E-state index contributed by atoms with van der Waals surface area (Å²) >= 11 is 0. The zero-order valence-electron chi connectivity index (χ0n) is 11.7. The fourth-order valence-corrected chi connectivity index (χ4v) is 2.17. The summed E-state index contributed by atoms with van der Waals surface area (Å²) in [4.78, 5) is 28.6. The van der Waals surface area contributed by atoms with Crippen LogP contribution in [-0.4, -0.2) is 40.1 Å². The molecular weight excluding hydrogens is 258 g/mol. The van der Waals surface area contributed by atoms with Crippen LogP contribution in [0.1, 0.15) is 18.2 Å². The average Bonchev–Trinajstić information content (AvgIpc) is 2.35. The third-order valence-electron chi connectivity index (χ3n) is 3.82. The second kappa shape index (κ2) is 5.90. The summed E-state index contributed by atoms with van der Waals surface area (Å²) in [5, 5.41) is 11.7. The molecular formula is C14H19N3O3. The van der Waals surface area contributed by atoms with E-state index in [4.69, 9.17) is 5.11 Å². The van der Waals surface area contributed by atoms with Crippen molar-refractivity contribution in [3.05, 3.63) is 29.6 Å². The minimum Gasteiger partial charge on any atom is -0.481 e. The van der Waals surface area contributed by atoms with Crippen molar-refractivity contribution >= 4 is 12.0 Å². The first-order valence-electron chi connectivity index (χ1n) is 6.65. The molecule has 2 amide bonds. The second-order valence-electron chi connectivity index (χ2n) is 5.22. The Morgan fingerprint density at radius 2 is 2.25 bits per heavy atom. The molecule has 1 aliphatic heterocycles. The van der Waals surface area contributed by atoms with E-state index in [1.807, 2.05) is 19.1 Å². The number of aromatic nitrogens is 1. The van der Waals surface area contributed by atoms with Crippen LogP contribution in [0.5, 0.6) is 0 Å². The summed E-state index contributed by atoms with van der Waals surface area (Å²) in [5.74, 6) is -1.16. The predicted molar refractivity (Wildman–Crippen MR) is 73.1 cm³/mol. The highest BCUT2D eigenvalue weighted by Crippen LogP contribution is 2.23. The van der Waals surface area contributed by atoms with Gasteiger partial charge in [-0.25, -0.2) is 4.79 Å². The third kappa shape index (κ3) is 3.07. The molecule has 108 valence electrons. The van der Waals surface area contributed by atoms with Gasteiger partial charge in [0.1, 0.15) is 0 Å². The summed E-state index contributed by atoms with van der Waals surface area (Å²) < 4.78 is 0. The number of hydrogen-bond donors (Lipinski definition) is 2. The highest BCUT2D eigenvalue weighted by Gasteiger charge is 2.37. The maximum absolute atomic E-state index is 11.9. The SMILES string of the molecule is Cc1cccnc1CNC(=O)N1CC(C(C)C(=O)O)C1. The number of likely N-dealkylation sites (tertiary alicyclic amines) is 1. The van der Waals surface area contributed by atoms with Gasteiger partial charge in [-0.05, 0) is 18.6 Å². The van der Waals surface area contributed by atoms with Gasteiger partial charge < -0.3 is 15.3 Å². The highest BCUT2D eigenvalue weighted by atomic mass is 16.4. The number of hydrogen-bond acceptors (Lipinski definition) is 3. The second-order valence-corrected chi connectivity index (χ2v) is 5.22. The molecule has 2 rings (SSSR count). The van der Waals surface area contributed by atoms with Crippen LogP contribution in [0.15, 0.2) is 18.3 Å². The number of carbonyl (C=O) groups is 2. The van der Waals surface area contributed by atoms with Crippen LogP contribution in [-0.2, 0) is 11.3 Å². The molecule has 0 saturated carbocycles. The molecule has 1 aromatic heterocycles. The van der Waals surface area contributed by atoms with Gasteiger partial charge in [-0.3, -0.25) is 9.78 Å². The van der Waals surface area contributed by atoms with Crippen molar-refractivity contribution < 1.29 is 14.7 Å². The van der Waals surface area contributed by atoms with Gasteiger partial charge in [-0.2, -0.15) is 0 Å². The van der Waals surface area contributed by atoms with E-state index >= 15 is 0 Å². The van der Waals surface area contributed by atoms with E-state index < -0.39 is 11.9 Å². The summed E-state index contributed by atoms with van der Waals surface area (Å²) in [6, 6.07) is 3.64. The first kappa shape index (κ1) is 14.3. The Labute approximate surface area is 117 Å². The van der Waals surface area contributed by atoms with Crippen LogP contribution in [0.4, 0.5) is 4.79 Å². The van der Waals surface area contributed by atoms with Crippen molar-refractivity contribution in [2.75, 3.05) is 13.1 Å². The number of pyridine rings is 1. The fraction of sp³-hybridized carbons (Fsp3) is 0.500. The molecule has 6 nitrogen and oxygen atoms in total. The molecule has 6 heteroatoms. The van der Waals surface area contributed by atoms with E-state index in [2.05, 4.69) is 10.3 Å². The largest absolute Gasteiger partial charge is 0.481 e. The van der Waals surface area contributed by atoms with Crippen LogP contribution in [0, 0.1) is 18.8 Å². The number of amides is 2. The lowest BCUT2D eigenvalue weighted by Gasteiger charge is -2.41. The predicted octanol–water partition coefficient (Wildman–Crippen LogP) is 1.25. The third-order valence-corrected chi connectivity index (χ3v) is 3.82. The number of carboxylic acids is 1. The van der Waals surface area contributed by atoms with Gasteiger partial charge in [0.25, 0.3) is 0 Å². The lowest BCUT2D eigenvalue weighted by atomic mass is 9.87. The zero-order chi connectivity index (χ0) is 14.7. The Hall–Kier alpha value is -2.11. The van der Waals surface area contributed by atoms with Gasteiger partial charge in [0.05, 0.1) is 18.2 Å². The molecule has 0 aromatic carbocycles. The minimum absolute atomic E-state index is 0.0508. The van der Waals surface area contributed by atoms with Crippen LogP contribution < -0.4 is 5.32 Å². The standard InChI is InChI=1S/C14H19N3O3/c1-9-4-3-5-15-12(9)6-16-14(20)17-7-11(8-17)10(2)13(18)19/h3-5,10-11H,6-8H2,1-2H3,(H,16,20)(H,18,19). The monoisotopic (exact) mass is 277 g/mol. The quantitative estimate of drug-likeness (QED) is 0.867. The van der Waals surface area contributed by atoms with Crippen LogP contribution in [0.25, 0.3) is 0 Å². The van der Waals surface area contributed by atoms with Crippen LogP contribution in [0.3, 0.4) is 0 Å². The zero-order valence-corrected chi connectivity index (χ0v) is 11.7. The number of urea groups is 1. The molecule has 2 N–H and O–H groups in total. The number of carboxylic acid groups (broad SMARTS) is 1. The number of nitrogens with one attached hydrogen (secondary N) is 1. The molecule has 1 atom stereocenters. The minimum atomic E-state index is -0.806. The normalized spacial score (nSPS) is 16.4. The van der Waals surface area contributed by atoms with Crippen molar-refractivity contribution in [1.29, 1.82) is 0 Å². The number of carbonyl (C=O) groups excluding carboxylic acids is 1. The van der Waals surface area contributed by atoms with E-state index in [9.17, 15) is 9.59 Å². The molecule has 1 unspecified atom stereocenters. The summed E-state index contributed by atoms with van der Waals surface area (Å²) in [5.41, 5.74) is 1.88. The molecule has 1 aliphatic rings. The van der Waals surface area contributed by atoms with Crippen molar-refractivity contribution in [3.63, 3.8) is 0 Å². The average molecular weight is 277 g/mol. The van der Waals surface area contributed by atoms with E-state index in [0.29, 0.717) is 19.6 Å². The number of aryl methyl sites for hydroxylation is 1. The maximum Gasteiger partial charge on any atom is 0.317 e. The molecule has 20 heavy (non-hydrogen) atoms. The maximum atomic E-state index is 11.9. The Morgan fingerprint density at radius 1 is 1.55 bits per heavy atom. The molecule has 0 aliphatic carbocycles. The molecule has 0 spiro atoms. The van der Waals surface area contributed by atoms with Crippen molar-refractivity contribution in [2.24, 2.45) is 11.8 Å². The van der Waals surface area contributed by atoms with Crippen LogP contribution >= 0.6 is 0 Å². The summed E-state index contributed by atoms with van der Waals surface area (Å²) in [6.07, 6.45) is 1.70. The molecule has 1 aromatic rings. The lowest BCUT2D eigenvalue weighted by molar-refractivity contribution is -0.144.